The monoisotopic (exact) mass is 230 g/mol. The van der Waals surface area contributed by atoms with Gasteiger partial charge in [0.05, 0.1) is 26.4 Å². The number of rotatable bonds is 8. The Morgan fingerprint density at radius 1 is 1.36 bits per heavy atom. The predicted octanol–water partition coefficient (Wildman–Crippen LogP) is 1.51. The molecule has 0 radical (unpaired) electrons. The quantitative estimate of drug-likeness (QED) is 0.640. The highest BCUT2D eigenvalue weighted by Crippen LogP contribution is 2.53. The fourth-order valence-corrected chi connectivity index (χ4v) is 2.07. The van der Waals surface area contributed by atoms with Crippen molar-refractivity contribution in [2.24, 2.45) is 0 Å². The lowest BCUT2D eigenvalue weighted by Crippen LogP contribution is -2.14. The van der Waals surface area contributed by atoms with Crippen LogP contribution in [0, 0.1) is 0 Å². The summed E-state index contributed by atoms with van der Waals surface area (Å²) in [5.41, 5.74) is 0. The summed E-state index contributed by atoms with van der Waals surface area (Å²) in [6, 6.07) is 0. The van der Waals surface area contributed by atoms with Gasteiger partial charge in [-0.2, -0.15) is 0 Å². The first-order chi connectivity index (χ1) is 6.60. The van der Waals surface area contributed by atoms with E-state index >= 15 is 0 Å². The summed E-state index contributed by atoms with van der Waals surface area (Å²) in [7, 11) is -3.84. The molecule has 0 aromatic heterocycles. The molecule has 5 nitrogen and oxygen atoms in total. The van der Waals surface area contributed by atoms with Gasteiger partial charge in [-0.05, 0) is 13.8 Å². The summed E-state index contributed by atoms with van der Waals surface area (Å²) in [4.78, 5) is 0. The summed E-state index contributed by atoms with van der Waals surface area (Å²) >= 11 is 0. The van der Waals surface area contributed by atoms with Crippen LogP contribution in [0.4, 0.5) is 4.39 Å². The van der Waals surface area contributed by atoms with Crippen LogP contribution in [0.15, 0.2) is 0 Å². The van der Waals surface area contributed by atoms with Gasteiger partial charge in [-0.15, -0.1) is 0 Å². The van der Waals surface area contributed by atoms with Gasteiger partial charge < -0.3 is 18.9 Å². The number of aliphatic hydroxyl groups excluding tert-OH is 1. The third-order valence-corrected chi connectivity index (χ3v) is 3.10. The number of ether oxygens (including phenoxy) is 1. The molecular formula is C7H16FO5P. The van der Waals surface area contributed by atoms with Crippen LogP contribution in [0.25, 0.3) is 0 Å². The Labute approximate surface area is 82.7 Å². The van der Waals surface area contributed by atoms with Crippen LogP contribution in [-0.2, 0) is 18.3 Å². The highest BCUT2D eigenvalue weighted by atomic mass is 31.2. The van der Waals surface area contributed by atoms with Crippen LogP contribution in [0.5, 0.6) is 0 Å². The van der Waals surface area contributed by atoms with Crippen LogP contribution in [0.2, 0.25) is 0 Å². The summed E-state index contributed by atoms with van der Waals surface area (Å²) in [6.07, 6.45) is -2.14. The van der Waals surface area contributed by atoms with Gasteiger partial charge in [-0.3, -0.25) is 4.57 Å². The van der Waals surface area contributed by atoms with Gasteiger partial charge in [0.1, 0.15) is 0 Å². The van der Waals surface area contributed by atoms with Gasteiger partial charge >= 0.3 is 13.7 Å². The van der Waals surface area contributed by atoms with Crippen LogP contribution in [0.1, 0.15) is 13.8 Å². The molecule has 0 spiro atoms. The Kier molecular flexibility index (Phi) is 7.31. The second-order valence-electron chi connectivity index (χ2n) is 2.26. The molecule has 0 rings (SSSR count). The fourth-order valence-electron chi connectivity index (χ4n) is 0.756. The molecule has 0 aliphatic heterocycles. The van der Waals surface area contributed by atoms with Gasteiger partial charge in [-0.25, -0.2) is 4.39 Å². The summed E-state index contributed by atoms with van der Waals surface area (Å²) in [6.45, 7) is 2.69. The van der Waals surface area contributed by atoms with E-state index in [4.69, 9.17) is 5.11 Å². The SMILES string of the molecule is CCOP(=O)(OCC)C(F)OCCO. The molecule has 1 unspecified atom stereocenters. The van der Waals surface area contributed by atoms with Crippen LogP contribution in [-0.4, -0.2) is 37.6 Å². The average molecular weight is 230 g/mol. The van der Waals surface area contributed by atoms with Crippen molar-refractivity contribution in [1.82, 2.24) is 0 Å². The van der Waals surface area contributed by atoms with Gasteiger partial charge in [0, 0.05) is 0 Å². The number of halogens is 1. The molecule has 0 heterocycles. The standard InChI is InChI=1S/C7H16FO5P/c1-3-12-14(10,13-4-2)7(8)11-6-5-9/h7,9H,3-6H2,1-2H3. The van der Waals surface area contributed by atoms with E-state index in [-0.39, 0.29) is 26.4 Å². The first-order valence-electron chi connectivity index (χ1n) is 4.36. The Morgan fingerprint density at radius 2 is 1.86 bits per heavy atom. The molecule has 0 saturated carbocycles. The Morgan fingerprint density at radius 3 is 2.21 bits per heavy atom. The van der Waals surface area contributed by atoms with Crippen molar-refractivity contribution in [3.63, 3.8) is 0 Å². The van der Waals surface area contributed by atoms with Crippen molar-refractivity contribution in [3.8, 4) is 0 Å². The predicted molar refractivity (Wildman–Crippen MR) is 48.8 cm³/mol. The Hall–Kier alpha value is -0.0000000000000000139. The summed E-state index contributed by atoms with van der Waals surface area (Å²) in [5, 5.41) is 8.38. The minimum atomic E-state index is -3.84. The molecule has 0 aliphatic rings. The molecule has 1 atom stereocenters. The minimum absolute atomic E-state index is 0.0696. The lowest BCUT2D eigenvalue weighted by Gasteiger charge is -2.20. The molecule has 0 aromatic carbocycles. The smallest absolute Gasteiger partial charge is 0.391 e. The second kappa shape index (κ2) is 7.31. The van der Waals surface area contributed by atoms with Crippen molar-refractivity contribution in [2.75, 3.05) is 26.4 Å². The van der Waals surface area contributed by atoms with Crippen LogP contribution in [0.3, 0.4) is 0 Å². The maximum atomic E-state index is 13.2. The first kappa shape index (κ1) is 14.0. The van der Waals surface area contributed by atoms with E-state index in [0.29, 0.717) is 0 Å². The zero-order chi connectivity index (χ0) is 11.0. The fraction of sp³-hybridized carbons (Fsp3) is 1.00. The van der Waals surface area contributed by atoms with Crippen LogP contribution >= 0.6 is 7.60 Å². The van der Waals surface area contributed by atoms with Gasteiger partial charge in [-0.1, -0.05) is 0 Å². The third-order valence-electron chi connectivity index (χ3n) is 1.21. The summed E-state index contributed by atoms with van der Waals surface area (Å²) < 4.78 is 38.6. The second-order valence-corrected chi connectivity index (χ2v) is 4.26. The molecule has 7 heteroatoms. The van der Waals surface area contributed by atoms with Gasteiger partial charge in [0.15, 0.2) is 0 Å². The van der Waals surface area contributed by atoms with E-state index in [1.165, 1.54) is 0 Å². The van der Waals surface area contributed by atoms with Crippen LogP contribution < -0.4 is 0 Å². The normalized spacial score (nSPS) is 14.3. The molecule has 0 fully saturated rings. The van der Waals surface area contributed by atoms with Gasteiger partial charge in [0.25, 0.3) is 0 Å². The molecule has 0 aromatic rings. The van der Waals surface area contributed by atoms with E-state index in [1.807, 2.05) is 0 Å². The Bertz CT molecular complexity index is 179. The lowest BCUT2D eigenvalue weighted by atomic mass is 10.8. The van der Waals surface area contributed by atoms with Crippen molar-refractivity contribution < 1.29 is 27.8 Å². The highest BCUT2D eigenvalue weighted by molar-refractivity contribution is 7.54. The highest BCUT2D eigenvalue weighted by Gasteiger charge is 2.36. The van der Waals surface area contributed by atoms with E-state index in [2.05, 4.69) is 13.8 Å². The lowest BCUT2D eigenvalue weighted by molar-refractivity contribution is -0.0200. The maximum Gasteiger partial charge on any atom is 0.391 e. The third kappa shape index (κ3) is 4.48. The molecule has 1 N–H and O–H groups in total. The van der Waals surface area contributed by atoms with E-state index < -0.39 is 13.7 Å². The minimum Gasteiger partial charge on any atom is -0.394 e. The largest absolute Gasteiger partial charge is 0.394 e. The molecule has 86 valence electrons. The molecule has 0 saturated heterocycles. The topological polar surface area (TPSA) is 65.0 Å². The molecule has 0 amide bonds. The molecular weight excluding hydrogens is 214 g/mol. The zero-order valence-electron chi connectivity index (χ0n) is 8.31. The van der Waals surface area contributed by atoms with Crippen molar-refractivity contribution in [3.05, 3.63) is 0 Å². The first-order valence-corrected chi connectivity index (χ1v) is 5.97. The number of aliphatic hydroxyl groups is 1. The number of alkyl halides is 1. The van der Waals surface area contributed by atoms with Gasteiger partial charge in [0.2, 0.25) is 0 Å². The van der Waals surface area contributed by atoms with E-state index in [0.717, 1.165) is 0 Å². The van der Waals surface area contributed by atoms with E-state index in [9.17, 15) is 8.96 Å². The van der Waals surface area contributed by atoms with E-state index in [1.54, 1.807) is 13.8 Å². The average Bonchev–Trinajstić information content (AvgIpc) is 2.15. The maximum absolute atomic E-state index is 13.2. The number of hydrogen-bond acceptors (Lipinski definition) is 5. The van der Waals surface area contributed by atoms with Crippen molar-refractivity contribution in [1.29, 1.82) is 0 Å². The zero-order valence-corrected chi connectivity index (χ0v) is 9.21. The van der Waals surface area contributed by atoms with Crippen molar-refractivity contribution in [2.45, 2.75) is 19.9 Å². The Balaban J connectivity index is 4.23. The molecule has 0 bridgehead atoms. The number of hydrogen-bond donors (Lipinski definition) is 1. The van der Waals surface area contributed by atoms with Crippen molar-refractivity contribution >= 4 is 7.60 Å². The molecule has 14 heavy (non-hydrogen) atoms. The summed E-state index contributed by atoms with van der Waals surface area (Å²) in [5.74, 6) is 0. The molecule has 0 aliphatic carbocycles.